The molecule has 0 unspecified atom stereocenters. The molecule has 21 heavy (non-hydrogen) atoms. The van der Waals surface area contributed by atoms with E-state index in [0.29, 0.717) is 6.04 Å². The lowest BCUT2D eigenvalue weighted by atomic mass is 10.0. The minimum absolute atomic E-state index is 0.470. The van der Waals surface area contributed by atoms with E-state index >= 15 is 0 Å². The summed E-state index contributed by atoms with van der Waals surface area (Å²) in [5.74, 6) is 0.919. The third kappa shape index (κ3) is 3.61. The van der Waals surface area contributed by atoms with Crippen molar-refractivity contribution in [1.82, 2.24) is 19.7 Å². The van der Waals surface area contributed by atoms with Gasteiger partial charge in [-0.05, 0) is 43.5 Å². The summed E-state index contributed by atoms with van der Waals surface area (Å²) >= 11 is 0. The van der Waals surface area contributed by atoms with Crippen LogP contribution in [0.1, 0.15) is 24.4 Å². The first-order valence-electron chi connectivity index (χ1n) is 7.54. The van der Waals surface area contributed by atoms with Crippen molar-refractivity contribution in [2.45, 2.75) is 25.3 Å². The van der Waals surface area contributed by atoms with Gasteiger partial charge in [0, 0.05) is 13.1 Å². The first-order chi connectivity index (χ1) is 10.3. The van der Waals surface area contributed by atoms with Crippen molar-refractivity contribution in [2.75, 3.05) is 26.7 Å². The summed E-state index contributed by atoms with van der Waals surface area (Å²) in [5, 5.41) is 4.28. The SMILES string of the molecule is COc1ccc(CCN2CCC[C@H](n3cncn3)C2)cc1. The maximum Gasteiger partial charge on any atom is 0.137 e. The monoisotopic (exact) mass is 286 g/mol. The number of ether oxygens (including phenoxy) is 1. The molecule has 3 rings (SSSR count). The number of piperidine rings is 1. The van der Waals surface area contributed by atoms with Crippen molar-refractivity contribution in [2.24, 2.45) is 0 Å². The molecule has 1 fully saturated rings. The molecule has 2 aromatic rings. The van der Waals surface area contributed by atoms with Gasteiger partial charge in [-0.25, -0.2) is 9.67 Å². The summed E-state index contributed by atoms with van der Waals surface area (Å²) in [6, 6.07) is 8.83. The molecule has 2 heterocycles. The van der Waals surface area contributed by atoms with E-state index in [1.165, 1.54) is 24.9 Å². The van der Waals surface area contributed by atoms with Gasteiger partial charge in [0.15, 0.2) is 0 Å². The highest BCUT2D eigenvalue weighted by molar-refractivity contribution is 5.27. The van der Waals surface area contributed by atoms with Gasteiger partial charge in [0.1, 0.15) is 18.4 Å². The van der Waals surface area contributed by atoms with Gasteiger partial charge in [-0.2, -0.15) is 5.10 Å². The topological polar surface area (TPSA) is 43.2 Å². The van der Waals surface area contributed by atoms with Crippen LogP contribution in [-0.4, -0.2) is 46.4 Å². The van der Waals surface area contributed by atoms with E-state index < -0.39 is 0 Å². The predicted molar refractivity (Wildman–Crippen MR) is 81.4 cm³/mol. The Bertz CT molecular complexity index is 538. The Labute approximate surface area is 125 Å². The Kier molecular flexibility index (Phi) is 4.50. The summed E-state index contributed by atoms with van der Waals surface area (Å²) in [4.78, 5) is 6.58. The summed E-state index contributed by atoms with van der Waals surface area (Å²) < 4.78 is 7.19. The maximum atomic E-state index is 5.19. The number of rotatable bonds is 5. The number of benzene rings is 1. The molecule has 5 nitrogen and oxygen atoms in total. The number of likely N-dealkylation sites (tertiary alicyclic amines) is 1. The van der Waals surface area contributed by atoms with E-state index in [0.717, 1.165) is 25.3 Å². The second-order valence-corrected chi connectivity index (χ2v) is 5.57. The van der Waals surface area contributed by atoms with Crippen LogP contribution in [0, 0.1) is 0 Å². The Hall–Kier alpha value is -1.88. The molecule has 1 aromatic heterocycles. The van der Waals surface area contributed by atoms with E-state index in [9.17, 15) is 0 Å². The zero-order chi connectivity index (χ0) is 14.5. The van der Waals surface area contributed by atoms with Crippen molar-refractivity contribution >= 4 is 0 Å². The van der Waals surface area contributed by atoms with E-state index in [2.05, 4.69) is 27.1 Å². The lowest BCUT2D eigenvalue weighted by Gasteiger charge is -2.32. The highest BCUT2D eigenvalue weighted by Crippen LogP contribution is 2.20. The molecule has 1 atom stereocenters. The van der Waals surface area contributed by atoms with E-state index in [1.54, 1.807) is 13.4 Å². The fraction of sp³-hybridized carbons (Fsp3) is 0.500. The molecular weight excluding hydrogens is 264 g/mol. The number of aromatic nitrogens is 3. The molecular formula is C16H22N4O. The van der Waals surface area contributed by atoms with Crippen molar-refractivity contribution in [1.29, 1.82) is 0 Å². The quantitative estimate of drug-likeness (QED) is 0.845. The zero-order valence-corrected chi connectivity index (χ0v) is 12.5. The molecule has 0 amide bonds. The Balaban J connectivity index is 1.52. The number of hydrogen-bond donors (Lipinski definition) is 0. The first kappa shape index (κ1) is 14.1. The van der Waals surface area contributed by atoms with Crippen LogP contribution >= 0.6 is 0 Å². The first-order valence-corrected chi connectivity index (χ1v) is 7.54. The van der Waals surface area contributed by atoms with Gasteiger partial charge in [-0.1, -0.05) is 12.1 Å². The van der Waals surface area contributed by atoms with Crippen LogP contribution in [0.3, 0.4) is 0 Å². The molecule has 5 heteroatoms. The van der Waals surface area contributed by atoms with Gasteiger partial charge in [-0.3, -0.25) is 0 Å². The zero-order valence-electron chi connectivity index (χ0n) is 12.5. The van der Waals surface area contributed by atoms with Crippen molar-refractivity contribution in [3.63, 3.8) is 0 Å². The average molecular weight is 286 g/mol. The Morgan fingerprint density at radius 2 is 2.14 bits per heavy atom. The molecule has 0 spiro atoms. The minimum atomic E-state index is 0.470. The van der Waals surface area contributed by atoms with Gasteiger partial charge >= 0.3 is 0 Å². The van der Waals surface area contributed by atoms with Crippen molar-refractivity contribution < 1.29 is 4.74 Å². The molecule has 1 aliphatic rings. The lowest BCUT2D eigenvalue weighted by molar-refractivity contribution is 0.171. The highest BCUT2D eigenvalue weighted by Gasteiger charge is 2.21. The van der Waals surface area contributed by atoms with Crippen LogP contribution in [0.2, 0.25) is 0 Å². The minimum Gasteiger partial charge on any atom is -0.497 e. The van der Waals surface area contributed by atoms with Crippen LogP contribution in [0.15, 0.2) is 36.9 Å². The van der Waals surface area contributed by atoms with E-state index in [4.69, 9.17) is 4.74 Å². The second-order valence-electron chi connectivity index (χ2n) is 5.57. The molecule has 0 aliphatic carbocycles. The molecule has 1 aromatic carbocycles. The fourth-order valence-corrected chi connectivity index (χ4v) is 2.94. The maximum absolute atomic E-state index is 5.19. The summed E-state index contributed by atoms with van der Waals surface area (Å²) in [7, 11) is 1.70. The number of methoxy groups -OCH3 is 1. The van der Waals surface area contributed by atoms with Gasteiger partial charge in [0.2, 0.25) is 0 Å². The van der Waals surface area contributed by atoms with Crippen molar-refractivity contribution in [3.8, 4) is 5.75 Å². The van der Waals surface area contributed by atoms with Crippen LogP contribution in [0.4, 0.5) is 0 Å². The lowest BCUT2D eigenvalue weighted by Crippen LogP contribution is -2.37. The standard InChI is InChI=1S/C16H22N4O/c1-21-16-6-4-14(5-7-16)8-10-19-9-2-3-15(11-19)20-13-17-12-18-20/h4-7,12-13,15H,2-3,8-11H2,1H3/t15-/m0/s1. The summed E-state index contributed by atoms with van der Waals surface area (Å²) in [6.07, 6.45) is 6.96. The van der Waals surface area contributed by atoms with Crippen molar-refractivity contribution in [3.05, 3.63) is 42.5 Å². The largest absolute Gasteiger partial charge is 0.497 e. The molecule has 0 radical (unpaired) electrons. The molecule has 1 aliphatic heterocycles. The van der Waals surface area contributed by atoms with E-state index in [1.807, 2.05) is 23.1 Å². The Morgan fingerprint density at radius 3 is 2.86 bits per heavy atom. The molecule has 1 saturated heterocycles. The normalized spacial score (nSPS) is 19.6. The summed E-state index contributed by atoms with van der Waals surface area (Å²) in [5.41, 5.74) is 1.36. The van der Waals surface area contributed by atoms with Gasteiger partial charge in [0.05, 0.1) is 13.2 Å². The van der Waals surface area contributed by atoms with Crippen LogP contribution < -0.4 is 4.74 Å². The highest BCUT2D eigenvalue weighted by atomic mass is 16.5. The Morgan fingerprint density at radius 1 is 1.29 bits per heavy atom. The summed E-state index contributed by atoms with van der Waals surface area (Å²) in [6.45, 7) is 3.35. The molecule has 112 valence electrons. The fourth-order valence-electron chi connectivity index (χ4n) is 2.94. The van der Waals surface area contributed by atoms with Gasteiger partial charge in [-0.15, -0.1) is 0 Å². The predicted octanol–water partition coefficient (Wildman–Crippen LogP) is 2.17. The molecule has 0 saturated carbocycles. The third-order valence-corrected chi connectivity index (χ3v) is 4.17. The van der Waals surface area contributed by atoms with E-state index in [-0.39, 0.29) is 0 Å². The van der Waals surface area contributed by atoms with Crippen LogP contribution in [0.25, 0.3) is 0 Å². The third-order valence-electron chi connectivity index (χ3n) is 4.17. The van der Waals surface area contributed by atoms with Crippen LogP contribution in [0.5, 0.6) is 5.75 Å². The van der Waals surface area contributed by atoms with Crippen LogP contribution in [-0.2, 0) is 6.42 Å². The number of nitrogens with zero attached hydrogens (tertiary/aromatic N) is 4. The van der Waals surface area contributed by atoms with Gasteiger partial charge < -0.3 is 9.64 Å². The molecule has 0 bridgehead atoms. The van der Waals surface area contributed by atoms with Gasteiger partial charge in [0.25, 0.3) is 0 Å². The molecule has 0 N–H and O–H groups in total. The number of hydrogen-bond acceptors (Lipinski definition) is 4. The smallest absolute Gasteiger partial charge is 0.137 e. The second kappa shape index (κ2) is 6.72. The average Bonchev–Trinajstić information content (AvgIpc) is 3.08.